The number of hydrogen-bond acceptors (Lipinski definition) is 5. The van der Waals surface area contributed by atoms with Crippen LogP contribution in [0.4, 0.5) is 0 Å². The van der Waals surface area contributed by atoms with Gasteiger partial charge in [-0.1, -0.05) is 42.0 Å². The van der Waals surface area contributed by atoms with Crippen molar-refractivity contribution in [2.45, 2.75) is 13.5 Å². The third kappa shape index (κ3) is 6.33. The van der Waals surface area contributed by atoms with Crippen molar-refractivity contribution in [1.29, 1.82) is 5.26 Å². The average Bonchev–Trinajstić information content (AvgIpc) is 2.70. The van der Waals surface area contributed by atoms with E-state index in [2.05, 4.69) is 5.32 Å². The summed E-state index contributed by atoms with van der Waals surface area (Å²) in [6, 6.07) is 16.4. The van der Waals surface area contributed by atoms with Gasteiger partial charge in [-0.05, 0) is 36.3 Å². The van der Waals surface area contributed by atoms with Gasteiger partial charge in [0.1, 0.15) is 17.4 Å². The number of nitrogens with one attached hydrogen (secondary N) is 1. The van der Waals surface area contributed by atoms with Crippen molar-refractivity contribution in [3.8, 4) is 11.8 Å². The lowest BCUT2D eigenvalue weighted by Crippen LogP contribution is -2.28. The van der Waals surface area contributed by atoms with Crippen molar-refractivity contribution in [3.05, 3.63) is 70.8 Å². The van der Waals surface area contributed by atoms with Gasteiger partial charge >= 0.3 is 5.97 Å². The molecule has 0 saturated carbocycles. The summed E-state index contributed by atoms with van der Waals surface area (Å²) in [5.74, 6) is -0.562. The molecular formula is C21H20N2O4. The molecule has 0 aromatic heterocycles. The monoisotopic (exact) mass is 364 g/mol. The van der Waals surface area contributed by atoms with Gasteiger partial charge in [-0.2, -0.15) is 5.26 Å². The van der Waals surface area contributed by atoms with Crippen LogP contribution in [0.5, 0.6) is 5.75 Å². The van der Waals surface area contributed by atoms with E-state index in [9.17, 15) is 9.59 Å². The molecule has 1 amide bonds. The Morgan fingerprint density at radius 3 is 2.37 bits per heavy atom. The molecule has 0 bridgehead atoms. The molecule has 0 aliphatic heterocycles. The van der Waals surface area contributed by atoms with Crippen molar-refractivity contribution in [2.75, 3.05) is 13.7 Å². The summed E-state index contributed by atoms with van der Waals surface area (Å²) in [6.07, 6.45) is 1.43. The van der Waals surface area contributed by atoms with Crippen LogP contribution in [0.3, 0.4) is 0 Å². The van der Waals surface area contributed by atoms with Crippen LogP contribution in [0.2, 0.25) is 0 Å². The normalized spacial score (nSPS) is 10.6. The number of benzene rings is 2. The van der Waals surface area contributed by atoms with Crippen LogP contribution in [0.25, 0.3) is 6.08 Å². The molecule has 0 aliphatic rings. The summed E-state index contributed by atoms with van der Waals surface area (Å²) in [6.45, 7) is 1.78. The third-order valence-electron chi connectivity index (χ3n) is 3.71. The summed E-state index contributed by atoms with van der Waals surface area (Å²) < 4.78 is 9.98. The Morgan fingerprint density at radius 1 is 1.11 bits per heavy atom. The van der Waals surface area contributed by atoms with E-state index in [1.165, 1.54) is 6.08 Å². The summed E-state index contributed by atoms with van der Waals surface area (Å²) in [5.41, 5.74) is 2.49. The van der Waals surface area contributed by atoms with Crippen LogP contribution in [0.1, 0.15) is 16.7 Å². The molecule has 6 heteroatoms. The minimum Gasteiger partial charge on any atom is -0.497 e. The van der Waals surface area contributed by atoms with Gasteiger partial charge in [-0.25, -0.2) is 4.79 Å². The number of nitriles is 1. The van der Waals surface area contributed by atoms with Gasteiger partial charge in [0.05, 0.1) is 7.11 Å². The Kier molecular flexibility index (Phi) is 7.15. The molecule has 6 nitrogen and oxygen atoms in total. The van der Waals surface area contributed by atoms with E-state index in [-0.39, 0.29) is 5.57 Å². The summed E-state index contributed by atoms with van der Waals surface area (Å²) in [4.78, 5) is 23.8. The minimum atomic E-state index is -0.835. The van der Waals surface area contributed by atoms with Gasteiger partial charge in [-0.3, -0.25) is 4.79 Å². The number of carbonyl (C=O) groups is 2. The molecule has 0 saturated heterocycles. The van der Waals surface area contributed by atoms with Crippen molar-refractivity contribution in [1.82, 2.24) is 5.32 Å². The maximum absolute atomic E-state index is 12.0. The van der Waals surface area contributed by atoms with Crippen LogP contribution in [-0.2, 0) is 20.9 Å². The highest BCUT2D eigenvalue weighted by Gasteiger charge is 2.13. The number of nitrogens with zero attached hydrogens (tertiary/aromatic N) is 1. The molecule has 2 rings (SSSR count). The number of amides is 1. The molecule has 2 aromatic rings. The second kappa shape index (κ2) is 9.78. The van der Waals surface area contributed by atoms with Gasteiger partial charge in [-0.15, -0.1) is 0 Å². The molecule has 0 atom stereocenters. The summed E-state index contributed by atoms with van der Waals surface area (Å²) >= 11 is 0. The third-order valence-corrected chi connectivity index (χ3v) is 3.71. The zero-order chi connectivity index (χ0) is 19.6. The first-order valence-corrected chi connectivity index (χ1v) is 8.27. The second-order valence-corrected chi connectivity index (χ2v) is 5.78. The van der Waals surface area contributed by atoms with E-state index in [0.717, 1.165) is 16.9 Å². The SMILES string of the molecule is COc1ccc(CNC(=O)COC(=O)/C(C#N)=C/c2ccc(C)cc2)cc1. The zero-order valence-corrected chi connectivity index (χ0v) is 15.2. The van der Waals surface area contributed by atoms with Gasteiger partial charge < -0.3 is 14.8 Å². The fourth-order valence-corrected chi connectivity index (χ4v) is 2.17. The van der Waals surface area contributed by atoms with E-state index in [4.69, 9.17) is 14.7 Å². The molecule has 0 spiro atoms. The Morgan fingerprint density at radius 2 is 1.78 bits per heavy atom. The fraction of sp³-hybridized carbons (Fsp3) is 0.190. The molecule has 0 unspecified atom stereocenters. The largest absolute Gasteiger partial charge is 0.497 e. The van der Waals surface area contributed by atoms with Gasteiger partial charge in [0.15, 0.2) is 6.61 Å². The van der Waals surface area contributed by atoms with Crippen molar-refractivity contribution in [2.24, 2.45) is 0 Å². The smallest absolute Gasteiger partial charge is 0.349 e. The van der Waals surface area contributed by atoms with Crippen LogP contribution >= 0.6 is 0 Å². The average molecular weight is 364 g/mol. The Bertz CT molecular complexity index is 863. The molecule has 0 heterocycles. The molecule has 2 aromatic carbocycles. The topological polar surface area (TPSA) is 88.4 Å². The number of esters is 1. The number of ether oxygens (including phenoxy) is 2. The molecule has 1 N–H and O–H groups in total. The lowest BCUT2D eigenvalue weighted by Gasteiger charge is -2.07. The highest BCUT2D eigenvalue weighted by Crippen LogP contribution is 2.11. The van der Waals surface area contributed by atoms with Crippen LogP contribution in [0.15, 0.2) is 54.1 Å². The van der Waals surface area contributed by atoms with Gasteiger partial charge in [0, 0.05) is 6.54 Å². The lowest BCUT2D eigenvalue weighted by atomic mass is 10.1. The minimum absolute atomic E-state index is 0.165. The fourth-order valence-electron chi connectivity index (χ4n) is 2.17. The van der Waals surface area contributed by atoms with Gasteiger partial charge in [0.25, 0.3) is 5.91 Å². The summed E-state index contributed by atoms with van der Waals surface area (Å²) in [7, 11) is 1.58. The first-order chi connectivity index (χ1) is 13.0. The molecule has 138 valence electrons. The van der Waals surface area contributed by atoms with Crippen LogP contribution < -0.4 is 10.1 Å². The van der Waals surface area contributed by atoms with E-state index in [1.54, 1.807) is 37.4 Å². The number of rotatable bonds is 7. The van der Waals surface area contributed by atoms with E-state index >= 15 is 0 Å². The number of methoxy groups -OCH3 is 1. The second-order valence-electron chi connectivity index (χ2n) is 5.78. The van der Waals surface area contributed by atoms with E-state index in [1.807, 2.05) is 31.2 Å². The summed E-state index contributed by atoms with van der Waals surface area (Å²) in [5, 5.41) is 11.8. The van der Waals surface area contributed by atoms with Crippen molar-refractivity contribution in [3.63, 3.8) is 0 Å². The quantitative estimate of drug-likeness (QED) is 0.464. The number of carbonyl (C=O) groups excluding carboxylic acids is 2. The van der Waals surface area contributed by atoms with Crippen LogP contribution in [-0.4, -0.2) is 25.6 Å². The molecule has 0 radical (unpaired) electrons. The predicted molar refractivity (Wildman–Crippen MR) is 101 cm³/mol. The van der Waals surface area contributed by atoms with E-state index < -0.39 is 18.5 Å². The van der Waals surface area contributed by atoms with Crippen molar-refractivity contribution >= 4 is 18.0 Å². The lowest BCUT2D eigenvalue weighted by molar-refractivity contribution is -0.144. The number of hydrogen-bond donors (Lipinski definition) is 1. The first kappa shape index (κ1) is 19.7. The van der Waals surface area contributed by atoms with Crippen molar-refractivity contribution < 1.29 is 19.1 Å². The maximum atomic E-state index is 12.0. The predicted octanol–water partition coefficient (Wildman–Crippen LogP) is 2.77. The molecule has 27 heavy (non-hydrogen) atoms. The van der Waals surface area contributed by atoms with Gasteiger partial charge in [0.2, 0.25) is 0 Å². The Hall–Kier alpha value is -3.59. The maximum Gasteiger partial charge on any atom is 0.349 e. The molecular weight excluding hydrogens is 344 g/mol. The molecule has 0 aliphatic carbocycles. The van der Waals surface area contributed by atoms with Crippen LogP contribution in [0, 0.1) is 18.3 Å². The number of aryl methyl sites for hydroxylation is 1. The highest BCUT2D eigenvalue weighted by molar-refractivity contribution is 5.98. The first-order valence-electron chi connectivity index (χ1n) is 8.27. The Labute approximate surface area is 158 Å². The Balaban J connectivity index is 1.84. The standard InChI is InChI=1S/C21H20N2O4/c1-15-3-5-16(6-4-15)11-18(12-22)21(25)27-14-20(24)23-13-17-7-9-19(26-2)10-8-17/h3-11H,13-14H2,1-2H3,(H,23,24)/b18-11+. The molecule has 0 fully saturated rings. The zero-order valence-electron chi connectivity index (χ0n) is 15.2. The highest BCUT2D eigenvalue weighted by atomic mass is 16.5. The van der Waals surface area contributed by atoms with E-state index in [0.29, 0.717) is 12.1 Å².